The van der Waals surface area contributed by atoms with Gasteiger partial charge in [0.2, 0.25) is 0 Å². The quantitative estimate of drug-likeness (QED) is 0.900. The number of nitrogens with zero attached hydrogens (tertiary/aromatic N) is 3. The molecule has 0 spiro atoms. The summed E-state index contributed by atoms with van der Waals surface area (Å²) >= 11 is 0. The smallest absolute Gasteiger partial charge is 0.187 e. The predicted molar refractivity (Wildman–Crippen MR) is 79.5 cm³/mol. The van der Waals surface area contributed by atoms with Gasteiger partial charge in [0.15, 0.2) is 11.6 Å². The number of rotatable bonds is 5. The number of nitrogens with one attached hydrogen (secondary N) is 1. The highest BCUT2D eigenvalue weighted by Gasteiger charge is 2.26. The lowest BCUT2D eigenvalue weighted by Gasteiger charge is -2.37. The van der Waals surface area contributed by atoms with Crippen molar-refractivity contribution in [1.82, 2.24) is 15.3 Å². The first-order valence-electron chi connectivity index (χ1n) is 7.62. The standard InChI is InChI=1S/C15H25FN4/c1-4-13-14(16)15(19-10-18-13)20-8-6-5-7-12(20)9-17-11(2)3/h10-12,17H,4-9H2,1-3H3. The summed E-state index contributed by atoms with van der Waals surface area (Å²) in [4.78, 5) is 10.3. The van der Waals surface area contributed by atoms with E-state index in [0.29, 0.717) is 30.0 Å². The molecule has 1 N–H and O–H groups in total. The van der Waals surface area contributed by atoms with Gasteiger partial charge in [0.05, 0.1) is 5.69 Å². The Morgan fingerprint density at radius 1 is 1.40 bits per heavy atom. The Morgan fingerprint density at radius 3 is 2.90 bits per heavy atom. The maximum atomic E-state index is 14.4. The van der Waals surface area contributed by atoms with E-state index >= 15 is 0 Å². The van der Waals surface area contributed by atoms with Crippen molar-refractivity contribution in [1.29, 1.82) is 0 Å². The van der Waals surface area contributed by atoms with E-state index in [-0.39, 0.29) is 5.82 Å². The van der Waals surface area contributed by atoms with Crippen molar-refractivity contribution < 1.29 is 4.39 Å². The molecule has 2 rings (SSSR count). The van der Waals surface area contributed by atoms with E-state index in [1.54, 1.807) is 0 Å². The van der Waals surface area contributed by atoms with Gasteiger partial charge in [-0.05, 0) is 25.7 Å². The monoisotopic (exact) mass is 280 g/mol. The van der Waals surface area contributed by atoms with E-state index in [1.165, 1.54) is 12.7 Å². The summed E-state index contributed by atoms with van der Waals surface area (Å²) < 4.78 is 14.4. The molecule has 112 valence electrons. The van der Waals surface area contributed by atoms with Crippen LogP contribution in [0.1, 0.15) is 45.7 Å². The van der Waals surface area contributed by atoms with Crippen LogP contribution in [0.3, 0.4) is 0 Å². The lowest BCUT2D eigenvalue weighted by Crippen LogP contribution is -2.47. The van der Waals surface area contributed by atoms with Crippen LogP contribution in [0, 0.1) is 5.82 Å². The highest BCUT2D eigenvalue weighted by atomic mass is 19.1. The zero-order valence-electron chi connectivity index (χ0n) is 12.7. The second-order valence-electron chi connectivity index (χ2n) is 5.72. The fraction of sp³-hybridized carbons (Fsp3) is 0.733. The molecule has 2 heterocycles. The third-order valence-electron chi connectivity index (χ3n) is 3.84. The number of halogens is 1. The molecular weight excluding hydrogens is 255 g/mol. The summed E-state index contributed by atoms with van der Waals surface area (Å²) in [6, 6.07) is 0.764. The summed E-state index contributed by atoms with van der Waals surface area (Å²) in [5, 5.41) is 3.46. The SMILES string of the molecule is CCc1ncnc(N2CCCCC2CNC(C)C)c1F. The van der Waals surface area contributed by atoms with Gasteiger partial charge in [0, 0.05) is 25.2 Å². The molecule has 0 saturated carbocycles. The first-order valence-corrected chi connectivity index (χ1v) is 7.62. The van der Waals surface area contributed by atoms with Crippen molar-refractivity contribution in [3.63, 3.8) is 0 Å². The van der Waals surface area contributed by atoms with Gasteiger partial charge in [-0.15, -0.1) is 0 Å². The van der Waals surface area contributed by atoms with Crippen molar-refractivity contribution in [3.8, 4) is 0 Å². The van der Waals surface area contributed by atoms with Crippen LogP contribution < -0.4 is 10.2 Å². The molecule has 1 atom stereocenters. The molecule has 0 radical (unpaired) electrons. The molecule has 5 heteroatoms. The Balaban J connectivity index is 2.19. The van der Waals surface area contributed by atoms with Gasteiger partial charge in [-0.1, -0.05) is 20.8 Å². The van der Waals surface area contributed by atoms with Gasteiger partial charge < -0.3 is 10.2 Å². The number of aromatic nitrogens is 2. The Labute approximate surface area is 120 Å². The molecule has 0 aromatic carbocycles. The molecule has 0 bridgehead atoms. The molecule has 0 amide bonds. The highest BCUT2D eigenvalue weighted by molar-refractivity contribution is 5.43. The Morgan fingerprint density at radius 2 is 2.20 bits per heavy atom. The van der Waals surface area contributed by atoms with E-state index in [1.807, 2.05) is 6.92 Å². The third-order valence-corrected chi connectivity index (χ3v) is 3.84. The lowest BCUT2D eigenvalue weighted by atomic mass is 10.0. The van der Waals surface area contributed by atoms with Crippen molar-refractivity contribution in [2.24, 2.45) is 0 Å². The molecule has 4 nitrogen and oxygen atoms in total. The van der Waals surface area contributed by atoms with Gasteiger partial charge in [0.1, 0.15) is 6.33 Å². The Bertz CT molecular complexity index is 436. The average molecular weight is 280 g/mol. The number of piperidine rings is 1. The third kappa shape index (κ3) is 3.45. The summed E-state index contributed by atoms with van der Waals surface area (Å²) in [5.74, 6) is 0.235. The molecule has 1 fully saturated rings. The maximum absolute atomic E-state index is 14.4. The predicted octanol–water partition coefficient (Wildman–Crippen LogP) is 2.54. The summed E-state index contributed by atoms with van der Waals surface area (Å²) in [7, 11) is 0. The largest absolute Gasteiger partial charge is 0.350 e. The molecule has 1 aromatic rings. The fourth-order valence-corrected chi connectivity index (χ4v) is 2.71. The van der Waals surface area contributed by atoms with Gasteiger partial charge in [0.25, 0.3) is 0 Å². The average Bonchev–Trinajstić information content (AvgIpc) is 2.46. The van der Waals surface area contributed by atoms with Crippen molar-refractivity contribution in [2.45, 2.75) is 58.5 Å². The Hall–Kier alpha value is -1.23. The molecule has 20 heavy (non-hydrogen) atoms. The van der Waals surface area contributed by atoms with Gasteiger partial charge in [-0.2, -0.15) is 0 Å². The maximum Gasteiger partial charge on any atom is 0.187 e. The molecule has 0 aliphatic carbocycles. The molecule has 1 saturated heterocycles. The first-order chi connectivity index (χ1) is 9.63. The van der Waals surface area contributed by atoms with Crippen LogP contribution in [0.2, 0.25) is 0 Å². The second kappa shape index (κ2) is 6.97. The molecule has 1 aliphatic rings. The fourth-order valence-electron chi connectivity index (χ4n) is 2.71. The lowest BCUT2D eigenvalue weighted by molar-refractivity contribution is 0.412. The molecule has 1 aliphatic heterocycles. The van der Waals surface area contributed by atoms with Crippen LogP contribution in [-0.4, -0.2) is 35.1 Å². The van der Waals surface area contributed by atoms with E-state index in [0.717, 1.165) is 25.9 Å². The number of anilines is 1. The summed E-state index contributed by atoms with van der Waals surface area (Å²) in [5.41, 5.74) is 0.510. The van der Waals surface area contributed by atoms with E-state index < -0.39 is 0 Å². The normalized spacial score (nSPS) is 19.6. The van der Waals surface area contributed by atoms with E-state index in [4.69, 9.17) is 0 Å². The van der Waals surface area contributed by atoms with E-state index in [2.05, 4.69) is 34.0 Å². The molecular formula is C15H25FN4. The highest BCUT2D eigenvalue weighted by Crippen LogP contribution is 2.26. The summed E-state index contributed by atoms with van der Waals surface area (Å²) in [6.07, 6.45) is 5.48. The molecule has 1 unspecified atom stereocenters. The molecule has 1 aromatic heterocycles. The number of hydrogen-bond acceptors (Lipinski definition) is 4. The Kier molecular flexibility index (Phi) is 5.29. The van der Waals surface area contributed by atoms with Crippen molar-refractivity contribution in [3.05, 3.63) is 17.8 Å². The minimum Gasteiger partial charge on any atom is -0.350 e. The second-order valence-corrected chi connectivity index (χ2v) is 5.72. The van der Waals surface area contributed by atoms with Crippen molar-refractivity contribution >= 4 is 5.82 Å². The summed E-state index contributed by atoms with van der Waals surface area (Å²) in [6.45, 7) is 7.94. The number of hydrogen-bond donors (Lipinski definition) is 1. The van der Waals surface area contributed by atoms with Crippen molar-refractivity contribution in [2.75, 3.05) is 18.0 Å². The van der Waals surface area contributed by atoms with Crippen LogP contribution in [-0.2, 0) is 6.42 Å². The minimum absolute atomic E-state index is 0.244. The minimum atomic E-state index is -0.244. The van der Waals surface area contributed by atoms with Crippen LogP contribution in [0.15, 0.2) is 6.33 Å². The van der Waals surface area contributed by atoms with E-state index in [9.17, 15) is 4.39 Å². The van der Waals surface area contributed by atoms with Crippen LogP contribution in [0.25, 0.3) is 0 Å². The van der Waals surface area contributed by atoms with Crippen LogP contribution in [0.5, 0.6) is 0 Å². The zero-order chi connectivity index (χ0) is 14.5. The van der Waals surface area contributed by atoms with Gasteiger partial charge in [-0.3, -0.25) is 0 Å². The van der Waals surface area contributed by atoms with Gasteiger partial charge in [-0.25, -0.2) is 14.4 Å². The van der Waals surface area contributed by atoms with Crippen LogP contribution in [0.4, 0.5) is 10.2 Å². The van der Waals surface area contributed by atoms with Gasteiger partial charge >= 0.3 is 0 Å². The first kappa shape index (κ1) is 15.2. The van der Waals surface area contributed by atoms with Crippen LogP contribution >= 0.6 is 0 Å². The number of aryl methyl sites for hydroxylation is 1. The zero-order valence-corrected chi connectivity index (χ0v) is 12.7. The topological polar surface area (TPSA) is 41.1 Å².